The molecule has 3 N–H and O–H groups in total. The SMILES string of the molecule is CCC/C(C)=C\CC/C(=C/CC/C(=C/COP(=O)(O)OP(=O)(O)O)CC)CC. The Balaban J connectivity index is 4.51. The van der Waals surface area contributed by atoms with Crippen molar-refractivity contribution >= 4 is 15.6 Å². The number of allylic oxidation sites excluding steroid dienone is 5. The molecule has 1 unspecified atom stereocenters. The van der Waals surface area contributed by atoms with Crippen LogP contribution in [0.3, 0.4) is 0 Å². The van der Waals surface area contributed by atoms with Gasteiger partial charge in [0, 0.05) is 0 Å². The molecule has 0 fully saturated rings. The lowest BCUT2D eigenvalue weighted by atomic mass is 10.0. The molecule has 0 aliphatic carbocycles. The molecule has 0 amide bonds. The number of phosphoric ester groups is 1. The van der Waals surface area contributed by atoms with Gasteiger partial charge in [-0.05, 0) is 51.9 Å². The van der Waals surface area contributed by atoms with Crippen LogP contribution in [0.5, 0.6) is 0 Å². The molecule has 0 aromatic carbocycles. The van der Waals surface area contributed by atoms with E-state index < -0.39 is 15.6 Å². The van der Waals surface area contributed by atoms with Crippen LogP contribution >= 0.6 is 15.6 Å². The van der Waals surface area contributed by atoms with E-state index in [0.717, 1.165) is 50.5 Å². The molecular formula is C19H36O7P2. The van der Waals surface area contributed by atoms with Crippen LogP contribution in [0.4, 0.5) is 0 Å². The number of phosphoric acid groups is 2. The Kier molecular flexibility index (Phi) is 14.2. The van der Waals surface area contributed by atoms with Crippen molar-refractivity contribution in [2.24, 2.45) is 0 Å². The molecular weight excluding hydrogens is 402 g/mol. The molecule has 0 rings (SSSR count). The van der Waals surface area contributed by atoms with Gasteiger partial charge in [0.15, 0.2) is 0 Å². The summed E-state index contributed by atoms with van der Waals surface area (Å²) < 4.78 is 30.3. The van der Waals surface area contributed by atoms with Gasteiger partial charge in [0.2, 0.25) is 0 Å². The maximum atomic E-state index is 11.4. The van der Waals surface area contributed by atoms with Crippen LogP contribution in [-0.2, 0) is 18.0 Å². The summed E-state index contributed by atoms with van der Waals surface area (Å²) in [6.07, 6.45) is 14.1. The van der Waals surface area contributed by atoms with Gasteiger partial charge in [-0.1, -0.05) is 62.1 Å². The van der Waals surface area contributed by atoms with Gasteiger partial charge >= 0.3 is 15.6 Å². The van der Waals surface area contributed by atoms with Gasteiger partial charge in [-0.15, -0.1) is 0 Å². The summed E-state index contributed by atoms with van der Waals surface area (Å²) >= 11 is 0. The maximum absolute atomic E-state index is 11.4. The van der Waals surface area contributed by atoms with Crippen LogP contribution in [0.25, 0.3) is 0 Å². The Bertz CT molecular complexity index is 632. The molecule has 164 valence electrons. The lowest BCUT2D eigenvalue weighted by Crippen LogP contribution is -1.95. The average molecular weight is 438 g/mol. The second kappa shape index (κ2) is 14.5. The summed E-state index contributed by atoms with van der Waals surface area (Å²) in [6, 6.07) is 0. The fourth-order valence-corrected chi connectivity index (χ4v) is 4.24. The lowest BCUT2D eigenvalue weighted by Gasteiger charge is -2.11. The first kappa shape index (κ1) is 27.5. The fourth-order valence-electron chi connectivity index (χ4n) is 2.72. The Morgan fingerprint density at radius 3 is 1.89 bits per heavy atom. The van der Waals surface area contributed by atoms with Crippen molar-refractivity contribution in [1.29, 1.82) is 0 Å². The van der Waals surface area contributed by atoms with Crippen molar-refractivity contribution in [2.45, 2.75) is 79.1 Å². The molecule has 0 spiro atoms. The predicted octanol–water partition coefficient (Wildman–Crippen LogP) is 6.19. The van der Waals surface area contributed by atoms with Gasteiger partial charge in [-0.2, -0.15) is 4.31 Å². The minimum absolute atomic E-state index is 0.247. The van der Waals surface area contributed by atoms with E-state index in [4.69, 9.17) is 9.79 Å². The molecule has 0 aromatic rings. The van der Waals surface area contributed by atoms with E-state index in [1.807, 2.05) is 6.92 Å². The second-order valence-corrected chi connectivity index (χ2v) is 9.48. The van der Waals surface area contributed by atoms with Gasteiger partial charge in [0.25, 0.3) is 0 Å². The summed E-state index contributed by atoms with van der Waals surface area (Å²) in [6.45, 7) is 8.24. The Morgan fingerprint density at radius 2 is 1.39 bits per heavy atom. The Labute approximate surface area is 169 Å². The molecule has 0 aliphatic heterocycles. The van der Waals surface area contributed by atoms with Gasteiger partial charge in [0.05, 0.1) is 6.61 Å². The van der Waals surface area contributed by atoms with Crippen LogP contribution in [-0.4, -0.2) is 21.3 Å². The van der Waals surface area contributed by atoms with E-state index >= 15 is 0 Å². The minimum Gasteiger partial charge on any atom is -0.302 e. The standard InChI is InChI=1S/C19H36O7P2/c1-5-10-17(4)11-8-12-18(6-2)13-9-14-19(7-3)15-16-25-28(23,24)26-27(20,21)22/h11,13,15H,5-10,12,14,16H2,1-4H3,(H,23,24)(H2,20,21,22)/b17-11-,18-13+,19-15+. The molecule has 1 atom stereocenters. The highest BCUT2D eigenvalue weighted by Crippen LogP contribution is 2.57. The molecule has 0 heterocycles. The molecule has 0 aromatic heterocycles. The van der Waals surface area contributed by atoms with Crippen LogP contribution in [0.15, 0.2) is 34.9 Å². The summed E-state index contributed by atoms with van der Waals surface area (Å²) in [4.78, 5) is 26.4. The minimum atomic E-state index is -5.08. The van der Waals surface area contributed by atoms with Crippen LogP contribution in [0.1, 0.15) is 79.1 Å². The van der Waals surface area contributed by atoms with E-state index in [0.29, 0.717) is 0 Å². The predicted molar refractivity (Wildman–Crippen MR) is 113 cm³/mol. The van der Waals surface area contributed by atoms with Crippen molar-refractivity contribution in [1.82, 2.24) is 0 Å². The Morgan fingerprint density at radius 1 is 0.857 bits per heavy atom. The fraction of sp³-hybridized carbons (Fsp3) is 0.684. The molecule has 0 aliphatic rings. The number of hydrogen-bond acceptors (Lipinski definition) is 4. The van der Waals surface area contributed by atoms with E-state index in [9.17, 15) is 14.0 Å². The van der Waals surface area contributed by atoms with Gasteiger partial charge in [-0.25, -0.2) is 9.13 Å². The first-order valence-corrected chi connectivity index (χ1v) is 12.8. The zero-order valence-electron chi connectivity index (χ0n) is 17.5. The zero-order valence-corrected chi connectivity index (χ0v) is 19.3. The van der Waals surface area contributed by atoms with Crippen molar-refractivity contribution in [3.05, 3.63) is 34.9 Å². The molecule has 0 saturated heterocycles. The van der Waals surface area contributed by atoms with E-state index in [1.54, 1.807) is 6.08 Å². The third-order valence-corrected chi connectivity index (χ3v) is 6.38. The first-order chi connectivity index (χ1) is 13.0. The maximum Gasteiger partial charge on any atom is 0.481 e. The highest BCUT2D eigenvalue weighted by molar-refractivity contribution is 7.60. The van der Waals surface area contributed by atoms with Crippen molar-refractivity contribution in [2.75, 3.05) is 6.61 Å². The molecule has 0 bridgehead atoms. The molecule has 0 saturated carbocycles. The second-order valence-electron chi connectivity index (χ2n) is 6.65. The van der Waals surface area contributed by atoms with E-state index in [-0.39, 0.29) is 6.61 Å². The van der Waals surface area contributed by atoms with Crippen molar-refractivity contribution in [3.63, 3.8) is 0 Å². The smallest absolute Gasteiger partial charge is 0.302 e. The topological polar surface area (TPSA) is 113 Å². The summed E-state index contributed by atoms with van der Waals surface area (Å²) in [5, 5.41) is 0. The van der Waals surface area contributed by atoms with Crippen molar-refractivity contribution in [3.8, 4) is 0 Å². The van der Waals surface area contributed by atoms with Crippen molar-refractivity contribution < 1.29 is 32.6 Å². The lowest BCUT2D eigenvalue weighted by molar-refractivity contribution is 0.191. The highest BCUT2D eigenvalue weighted by atomic mass is 31.3. The largest absolute Gasteiger partial charge is 0.481 e. The van der Waals surface area contributed by atoms with Crippen LogP contribution in [0, 0.1) is 0 Å². The average Bonchev–Trinajstić information content (AvgIpc) is 2.56. The summed E-state index contributed by atoms with van der Waals surface area (Å²) in [7, 11) is -9.86. The first-order valence-electron chi connectivity index (χ1n) is 9.78. The quantitative estimate of drug-likeness (QED) is 0.206. The normalized spacial score (nSPS) is 16.3. The zero-order chi connectivity index (χ0) is 21.6. The third-order valence-electron chi connectivity index (χ3n) is 4.23. The monoisotopic (exact) mass is 438 g/mol. The van der Waals surface area contributed by atoms with Gasteiger partial charge in [0.1, 0.15) is 0 Å². The highest BCUT2D eigenvalue weighted by Gasteiger charge is 2.31. The van der Waals surface area contributed by atoms with E-state index in [1.165, 1.54) is 17.6 Å². The number of hydrogen-bond donors (Lipinski definition) is 3. The van der Waals surface area contributed by atoms with Crippen LogP contribution in [0.2, 0.25) is 0 Å². The summed E-state index contributed by atoms with van der Waals surface area (Å²) in [5.74, 6) is 0. The van der Waals surface area contributed by atoms with E-state index in [2.05, 4.69) is 41.8 Å². The van der Waals surface area contributed by atoms with Gasteiger partial charge in [-0.3, -0.25) is 4.52 Å². The molecule has 9 heteroatoms. The molecule has 0 radical (unpaired) electrons. The van der Waals surface area contributed by atoms with Crippen LogP contribution < -0.4 is 0 Å². The summed E-state index contributed by atoms with van der Waals surface area (Å²) in [5.41, 5.74) is 3.90. The third kappa shape index (κ3) is 15.4. The molecule has 28 heavy (non-hydrogen) atoms. The number of rotatable bonds is 15. The molecule has 7 nitrogen and oxygen atoms in total. The van der Waals surface area contributed by atoms with Gasteiger partial charge < -0.3 is 14.7 Å². The Hall–Kier alpha value is -0.520.